The second-order valence-corrected chi connectivity index (χ2v) is 8.84. The molecular formula is C22H36ClN5O. The minimum Gasteiger partial charge on any atom is -0.354 e. The Morgan fingerprint density at radius 1 is 1.17 bits per heavy atom. The number of hydrogen-bond donors (Lipinski definition) is 1. The number of nitrogens with zero attached hydrogens (tertiary/aromatic N) is 4. The first kappa shape index (κ1) is 22.3. The predicted molar refractivity (Wildman–Crippen MR) is 120 cm³/mol. The first-order chi connectivity index (χ1) is 13.7. The third-order valence-corrected chi connectivity index (χ3v) is 6.67. The zero-order chi connectivity index (χ0) is 19.3. The van der Waals surface area contributed by atoms with Gasteiger partial charge in [0, 0.05) is 64.0 Å². The van der Waals surface area contributed by atoms with E-state index in [0.717, 1.165) is 77.4 Å². The van der Waals surface area contributed by atoms with Gasteiger partial charge in [-0.1, -0.05) is 6.07 Å². The maximum absolute atomic E-state index is 13.0. The lowest BCUT2D eigenvalue weighted by Crippen LogP contribution is -2.51. The van der Waals surface area contributed by atoms with Crippen molar-refractivity contribution < 1.29 is 4.79 Å². The molecular weight excluding hydrogens is 386 g/mol. The molecule has 1 N–H and O–H groups in total. The van der Waals surface area contributed by atoms with Gasteiger partial charge in [-0.25, -0.2) is 4.98 Å². The molecule has 0 aromatic carbocycles. The van der Waals surface area contributed by atoms with E-state index in [4.69, 9.17) is 0 Å². The fraction of sp³-hybridized carbons (Fsp3) is 0.727. The third-order valence-electron chi connectivity index (χ3n) is 6.67. The molecule has 162 valence electrons. The van der Waals surface area contributed by atoms with E-state index < -0.39 is 0 Å². The van der Waals surface area contributed by atoms with Crippen LogP contribution in [0, 0.1) is 11.8 Å². The standard InChI is InChI=1S/C22H35N5O.ClH/c1-18-15-20(7-9-23-18)22(28)27-10-4-5-19(17-27)16-25-11-13-26(14-12-25)21-6-2-3-8-24-21;/h2-3,6,8,18-20,23H,4-5,7,9-17H2,1H3;1H/t18-,19?,20-;/m0./s1. The van der Waals surface area contributed by atoms with Crippen LogP contribution in [-0.4, -0.2) is 79.1 Å². The molecule has 29 heavy (non-hydrogen) atoms. The molecule has 0 spiro atoms. The zero-order valence-corrected chi connectivity index (χ0v) is 18.4. The number of amides is 1. The molecule has 6 nitrogen and oxygen atoms in total. The average molecular weight is 422 g/mol. The van der Waals surface area contributed by atoms with E-state index in [9.17, 15) is 4.79 Å². The number of likely N-dealkylation sites (tertiary alicyclic amines) is 1. The van der Waals surface area contributed by atoms with Gasteiger partial charge in [-0.05, 0) is 57.2 Å². The van der Waals surface area contributed by atoms with Crippen molar-refractivity contribution in [2.45, 2.75) is 38.6 Å². The second-order valence-electron chi connectivity index (χ2n) is 8.84. The number of nitrogens with one attached hydrogen (secondary N) is 1. The van der Waals surface area contributed by atoms with Crippen molar-refractivity contribution in [1.82, 2.24) is 20.1 Å². The van der Waals surface area contributed by atoms with Crippen molar-refractivity contribution in [3.63, 3.8) is 0 Å². The van der Waals surface area contributed by atoms with Crippen molar-refractivity contribution in [2.24, 2.45) is 11.8 Å². The Balaban J connectivity index is 0.00000240. The molecule has 3 aliphatic heterocycles. The fourth-order valence-electron chi connectivity index (χ4n) is 5.09. The number of rotatable bonds is 4. The summed E-state index contributed by atoms with van der Waals surface area (Å²) in [6.45, 7) is 10.5. The van der Waals surface area contributed by atoms with Crippen molar-refractivity contribution >= 4 is 24.1 Å². The monoisotopic (exact) mass is 421 g/mol. The van der Waals surface area contributed by atoms with Crippen LogP contribution in [0.3, 0.4) is 0 Å². The van der Waals surface area contributed by atoms with Crippen LogP contribution in [0.4, 0.5) is 5.82 Å². The lowest BCUT2D eigenvalue weighted by molar-refractivity contribution is -0.138. The summed E-state index contributed by atoms with van der Waals surface area (Å²) in [6, 6.07) is 6.60. The Kier molecular flexibility index (Phi) is 8.16. The molecule has 3 saturated heterocycles. The van der Waals surface area contributed by atoms with Crippen LogP contribution in [0.25, 0.3) is 0 Å². The van der Waals surface area contributed by atoms with Gasteiger partial charge in [0.2, 0.25) is 5.91 Å². The van der Waals surface area contributed by atoms with E-state index in [1.165, 1.54) is 6.42 Å². The highest BCUT2D eigenvalue weighted by Crippen LogP contribution is 2.24. The molecule has 4 heterocycles. The lowest BCUT2D eigenvalue weighted by atomic mass is 9.90. The smallest absolute Gasteiger partial charge is 0.225 e. The van der Waals surface area contributed by atoms with Crippen LogP contribution >= 0.6 is 12.4 Å². The van der Waals surface area contributed by atoms with Gasteiger partial charge in [0.15, 0.2) is 0 Å². The molecule has 3 aliphatic rings. The molecule has 3 fully saturated rings. The molecule has 0 saturated carbocycles. The maximum atomic E-state index is 13.0. The van der Waals surface area contributed by atoms with E-state index in [2.05, 4.69) is 44.1 Å². The van der Waals surface area contributed by atoms with Crippen LogP contribution in [0.2, 0.25) is 0 Å². The topological polar surface area (TPSA) is 51.7 Å². The molecule has 4 rings (SSSR count). The molecule has 1 aromatic heterocycles. The van der Waals surface area contributed by atoms with Gasteiger partial charge in [-0.15, -0.1) is 12.4 Å². The van der Waals surface area contributed by atoms with E-state index in [1.807, 2.05) is 12.3 Å². The van der Waals surface area contributed by atoms with Crippen molar-refractivity contribution in [2.75, 3.05) is 57.3 Å². The predicted octanol–water partition coefficient (Wildman–Crippen LogP) is 2.25. The Hall–Kier alpha value is -1.37. The number of halogens is 1. The number of pyridine rings is 1. The van der Waals surface area contributed by atoms with Gasteiger partial charge in [0.25, 0.3) is 0 Å². The van der Waals surface area contributed by atoms with Gasteiger partial charge in [-0.2, -0.15) is 0 Å². The van der Waals surface area contributed by atoms with Crippen LogP contribution in [0.5, 0.6) is 0 Å². The Labute approximate surface area is 181 Å². The van der Waals surface area contributed by atoms with Crippen LogP contribution < -0.4 is 10.2 Å². The van der Waals surface area contributed by atoms with E-state index >= 15 is 0 Å². The molecule has 0 bridgehead atoms. The number of anilines is 1. The Bertz CT molecular complexity index is 637. The highest BCUT2D eigenvalue weighted by Gasteiger charge is 2.32. The minimum atomic E-state index is 0. The van der Waals surface area contributed by atoms with Gasteiger partial charge in [0.05, 0.1) is 0 Å². The van der Waals surface area contributed by atoms with E-state index in [0.29, 0.717) is 17.9 Å². The quantitative estimate of drug-likeness (QED) is 0.808. The second kappa shape index (κ2) is 10.6. The van der Waals surface area contributed by atoms with E-state index in [-0.39, 0.29) is 18.3 Å². The van der Waals surface area contributed by atoms with Crippen LogP contribution in [0.15, 0.2) is 24.4 Å². The lowest BCUT2D eigenvalue weighted by Gasteiger charge is -2.41. The molecule has 1 unspecified atom stereocenters. The van der Waals surface area contributed by atoms with Crippen LogP contribution in [0.1, 0.15) is 32.6 Å². The summed E-state index contributed by atoms with van der Waals surface area (Å²) in [6.07, 6.45) is 6.28. The zero-order valence-electron chi connectivity index (χ0n) is 17.6. The molecule has 1 amide bonds. The number of aromatic nitrogens is 1. The Morgan fingerprint density at radius 3 is 2.72 bits per heavy atom. The number of hydrogen-bond acceptors (Lipinski definition) is 5. The van der Waals surface area contributed by atoms with E-state index in [1.54, 1.807) is 0 Å². The summed E-state index contributed by atoms with van der Waals surface area (Å²) < 4.78 is 0. The summed E-state index contributed by atoms with van der Waals surface area (Å²) in [4.78, 5) is 24.6. The molecule has 7 heteroatoms. The van der Waals surface area contributed by atoms with Crippen molar-refractivity contribution in [3.05, 3.63) is 24.4 Å². The summed E-state index contributed by atoms with van der Waals surface area (Å²) in [5.74, 6) is 2.36. The van der Waals surface area contributed by atoms with Gasteiger partial charge >= 0.3 is 0 Å². The van der Waals surface area contributed by atoms with Crippen molar-refractivity contribution in [3.8, 4) is 0 Å². The average Bonchev–Trinajstić information content (AvgIpc) is 2.75. The third kappa shape index (κ3) is 5.83. The number of piperidine rings is 2. The molecule has 3 atom stereocenters. The SMILES string of the molecule is C[C@H]1C[C@@H](C(=O)N2CCCC(CN3CCN(c4ccccn4)CC3)C2)CCN1.Cl. The summed E-state index contributed by atoms with van der Waals surface area (Å²) in [5, 5.41) is 3.46. The van der Waals surface area contributed by atoms with Crippen molar-refractivity contribution in [1.29, 1.82) is 0 Å². The van der Waals surface area contributed by atoms with Gasteiger partial charge < -0.3 is 15.1 Å². The summed E-state index contributed by atoms with van der Waals surface area (Å²) in [5.41, 5.74) is 0. The molecule has 0 aliphatic carbocycles. The number of carbonyl (C=O) groups is 1. The highest BCUT2D eigenvalue weighted by molar-refractivity contribution is 5.85. The highest BCUT2D eigenvalue weighted by atomic mass is 35.5. The first-order valence-corrected chi connectivity index (χ1v) is 11.1. The fourth-order valence-corrected chi connectivity index (χ4v) is 5.09. The summed E-state index contributed by atoms with van der Waals surface area (Å²) in [7, 11) is 0. The summed E-state index contributed by atoms with van der Waals surface area (Å²) >= 11 is 0. The minimum absolute atomic E-state index is 0. The van der Waals surface area contributed by atoms with Gasteiger partial charge in [-0.3, -0.25) is 9.69 Å². The largest absolute Gasteiger partial charge is 0.354 e. The van der Waals surface area contributed by atoms with Gasteiger partial charge in [0.1, 0.15) is 5.82 Å². The normalized spacial score (nSPS) is 28.7. The first-order valence-electron chi connectivity index (χ1n) is 11.1. The molecule has 1 aromatic rings. The Morgan fingerprint density at radius 2 is 2.00 bits per heavy atom. The number of piperazine rings is 1. The molecule has 0 radical (unpaired) electrons. The maximum Gasteiger partial charge on any atom is 0.225 e. The number of carbonyl (C=O) groups excluding carboxylic acids is 1. The van der Waals surface area contributed by atoms with Crippen LogP contribution in [-0.2, 0) is 4.79 Å².